The molecule has 0 saturated carbocycles. The fourth-order valence-electron chi connectivity index (χ4n) is 1.80. The molecule has 0 N–H and O–H groups in total. The highest BCUT2D eigenvalue weighted by Gasteiger charge is 2.47. The normalized spacial score (nSPS) is 20.1. The Morgan fingerprint density at radius 1 is 1.24 bits per heavy atom. The quantitative estimate of drug-likeness (QED) is 0.661. The van der Waals surface area contributed by atoms with E-state index in [9.17, 15) is 22.8 Å². The van der Waals surface area contributed by atoms with Crippen molar-refractivity contribution in [1.29, 1.82) is 0 Å². The zero-order chi connectivity index (χ0) is 12.8. The molecule has 0 spiro atoms. The van der Waals surface area contributed by atoms with Gasteiger partial charge in [0.2, 0.25) is 0 Å². The third kappa shape index (κ3) is 1.69. The number of allylic oxidation sites excluding steroid dienone is 4. The summed E-state index contributed by atoms with van der Waals surface area (Å²) in [4.78, 5) is 23.3. The lowest BCUT2D eigenvalue weighted by Crippen LogP contribution is -2.32. The summed E-state index contributed by atoms with van der Waals surface area (Å²) >= 11 is 0. The van der Waals surface area contributed by atoms with Crippen molar-refractivity contribution in [2.45, 2.75) is 19.0 Å². The number of fused-ring (bicyclic) bond motifs is 1. The first-order valence-corrected chi connectivity index (χ1v) is 4.89. The highest BCUT2D eigenvalue weighted by atomic mass is 19.4. The van der Waals surface area contributed by atoms with Gasteiger partial charge in [0, 0.05) is 5.57 Å². The van der Waals surface area contributed by atoms with Crippen LogP contribution in [-0.2, 0) is 9.59 Å². The Hall–Kier alpha value is -1.85. The number of ketones is 1. The fraction of sp³-hybridized carbons (Fsp3) is 0.273. The topological polar surface area (TPSA) is 37.4 Å². The number of alkyl halides is 3. The van der Waals surface area contributed by atoms with Crippen LogP contribution in [0.15, 0.2) is 35.7 Å². The van der Waals surface area contributed by atoms with Crippen LogP contribution in [0.3, 0.4) is 0 Å². The maximum absolute atomic E-state index is 12.5. The van der Waals surface area contributed by atoms with Crippen molar-refractivity contribution < 1.29 is 22.8 Å². The van der Waals surface area contributed by atoms with Crippen molar-refractivity contribution >= 4 is 11.7 Å². The SMILES string of the molecule is C=C(N1C(=O)C(=O)C2=CCCC=C21)C(F)(F)F. The molecule has 0 bridgehead atoms. The fourth-order valence-corrected chi connectivity index (χ4v) is 1.80. The first-order chi connectivity index (χ1) is 7.84. The summed E-state index contributed by atoms with van der Waals surface area (Å²) in [6.07, 6.45) is -0.747. The second-order valence-electron chi connectivity index (χ2n) is 3.70. The molecule has 1 aliphatic heterocycles. The Balaban J connectivity index is 2.46. The minimum absolute atomic E-state index is 0.00794. The second kappa shape index (κ2) is 3.58. The summed E-state index contributed by atoms with van der Waals surface area (Å²) < 4.78 is 37.5. The number of carbonyl (C=O) groups is 2. The van der Waals surface area contributed by atoms with E-state index in [1.54, 1.807) is 0 Å². The minimum atomic E-state index is -4.73. The van der Waals surface area contributed by atoms with E-state index in [0.29, 0.717) is 17.7 Å². The Bertz CT molecular complexity index is 485. The highest BCUT2D eigenvalue weighted by Crippen LogP contribution is 2.38. The van der Waals surface area contributed by atoms with Crippen molar-refractivity contribution in [2.24, 2.45) is 0 Å². The van der Waals surface area contributed by atoms with Crippen LogP contribution in [0.2, 0.25) is 0 Å². The van der Waals surface area contributed by atoms with Gasteiger partial charge >= 0.3 is 12.1 Å². The monoisotopic (exact) mass is 243 g/mol. The van der Waals surface area contributed by atoms with Crippen LogP contribution >= 0.6 is 0 Å². The van der Waals surface area contributed by atoms with Crippen LogP contribution in [0.1, 0.15) is 12.8 Å². The van der Waals surface area contributed by atoms with E-state index in [1.807, 2.05) is 0 Å². The molecule has 3 nitrogen and oxygen atoms in total. The van der Waals surface area contributed by atoms with Crippen molar-refractivity contribution in [2.75, 3.05) is 0 Å². The van der Waals surface area contributed by atoms with Crippen LogP contribution < -0.4 is 0 Å². The molecule has 0 radical (unpaired) electrons. The molecule has 2 rings (SSSR count). The van der Waals surface area contributed by atoms with E-state index >= 15 is 0 Å². The number of hydrogen-bond donors (Lipinski definition) is 0. The van der Waals surface area contributed by atoms with Gasteiger partial charge in [0.25, 0.3) is 5.78 Å². The lowest BCUT2D eigenvalue weighted by Gasteiger charge is -2.22. The van der Waals surface area contributed by atoms with Crippen molar-refractivity contribution in [3.05, 3.63) is 35.7 Å². The van der Waals surface area contributed by atoms with Gasteiger partial charge in [-0.1, -0.05) is 18.7 Å². The lowest BCUT2D eigenvalue weighted by atomic mass is 10.0. The van der Waals surface area contributed by atoms with E-state index < -0.39 is 23.6 Å². The van der Waals surface area contributed by atoms with E-state index in [0.717, 1.165) is 0 Å². The smallest absolute Gasteiger partial charge is 0.283 e. The molecule has 0 aromatic rings. The lowest BCUT2D eigenvalue weighted by molar-refractivity contribution is -0.143. The van der Waals surface area contributed by atoms with Gasteiger partial charge in [-0.3, -0.25) is 14.5 Å². The number of Topliss-reactive ketones (excluding diaryl/α,β-unsaturated/α-hetero) is 1. The van der Waals surface area contributed by atoms with Gasteiger partial charge in [-0.25, -0.2) is 0 Å². The van der Waals surface area contributed by atoms with Crippen LogP contribution in [-0.4, -0.2) is 22.8 Å². The Kier molecular flexibility index (Phi) is 2.45. The minimum Gasteiger partial charge on any atom is -0.283 e. The molecular weight excluding hydrogens is 235 g/mol. The van der Waals surface area contributed by atoms with Crippen molar-refractivity contribution in [3.63, 3.8) is 0 Å². The molecule has 0 atom stereocenters. The number of amides is 1. The Morgan fingerprint density at radius 3 is 2.41 bits per heavy atom. The highest BCUT2D eigenvalue weighted by molar-refractivity contribution is 6.47. The van der Waals surface area contributed by atoms with Gasteiger partial charge in [-0.05, 0) is 12.8 Å². The standard InChI is InChI=1S/C11H8F3NO2/c1-6(11(12,13)14)15-8-5-3-2-4-7(8)9(16)10(15)17/h4-5H,1-3H2. The number of carbonyl (C=O) groups excluding carboxylic acids is 2. The van der Waals surface area contributed by atoms with Crippen molar-refractivity contribution in [3.8, 4) is 0 Å². The summed E-state index contributed by atoms with van der Waals surface area (Å²) in [6, 6.07) is 0. The molecule has 0 unspecified atom stereocenters. The van der Waals surface area contributed by atoms with Gasteiger partial charge in [0.05, 0.1) is 5.70 Å². The van der Waals surface area contributed by atoms with Gasteiger partial charge in [0.15, 0.2) is 0 Å². The Labute approximate surface area is 94.9 Å². The van der Waals surface area contributed by atoms with Gasteiger partial charge in [-0.15, -0.1) is 0 Å². The van der Waals surface area contributed by atoms with Gasteiger partial charge < -0.3 is 0 Å². The molecule has 1 fully saturated rings. The van der Waals surface area contributed by atoms with Crippen LogP contribution in [0.5, 0.6) is 0 Å². The average molecular weight is 243 g/mol. The molecule has 1 aliphatic carbocycles. The summed E-state index contributed by atoms with van der Waals surface area (Å²) in [5.74, 6) is -2.09. The summed E-state index contributed by atoms with van der Waals surface area (Å²) in [5.41, 5.74) is -1.27. The zero-order valence-corrected chi connectivity index (χ0v) is 8.67. The third-order valence-corrected chi connectivity index (χ3v) is 2.61. The maximum Gasteiger partial charge on any atom is 0.431 e. The average Bonchev–Trinajstić information content (AvgIpc) is 2.51. The molecule has 1 amide bonds. The van der Waals surface area contributed by atoms with E-state index in [2.05, 4.69) is 6.58 Å². The number of hydrogen-bond acceptors (Lipinski definition) is 2. The molecule has 0 aromatic carbocycles. The number of halogens is 3. The van der Waals surface area contributed by atoms with Crippen LogP contribution in [0, 0.1) is 0 Å². The predicted molar refractivity (Wildman–Crippen MR) is 52.4 cm³/mol. The van der Waals surface area contributed by atoms with E-state index in [1.165, 1.54) is 12.2 Å². The maximum atomic E-state index is 12.5. The molecule has 2 aliphatic rings. The van der Waals surface area contributed by atoms with E-state index in [-0.39, 0.29) is 11.3 Å². The third-order valence-electron chi connectivity index (χ3n) is 2.61. The molecule has 90 valence electrons. The van der Waals surface area contributed by atoms with Gasteiger partial charge in [-0.2, -0.15) is 13.2 Å². The second-order valence-corrected chi connectivity index (χ2v) is 3.70. The summed E-state index contributed by atoms with van der Waals surface area (Å²) in [7, 11) is 0. The zero-order valence-electron chi connectivity index (χ0n) is 8.67. The molecule has 6 heteroatoms. The number of likely N-dealkylation sites (tertiary alicyclic amines) is 1. The summed E-state index contributed by atoms with van der Waals surface area (Å²) in [6.45, 7) is 2.84. The number of rotatable bonds is 1. The molecule has 1 saturated heterocycles. The number of nitrogens with zero attached hydrogens (tertiary/aromatic N) is 1. The first-order valence-electron chi connectivity index (χ1n) is 4.89. The summed E-state index contributed by atoms with van der Waals surface area (Å²) in [5, 5.41) is 0. The van der Waals surface area contributed by atoms with E-state index in [4.69, 9.17) is 0 Å². The van der Waals surface area contributed by atoms with Gasteiger partial charge in [0.1, 0.15) is 5.70 Å². The first kappa shape index (κ1) is 11.6. The van der Waals surface area contributed by atoms with Crippen molar-refractivity contribution in [1.82, 2.24) is 4.90 Å². The molecule has 0 aromatic heterocycles. The van der Waals surface area contributed by atoms with Crippen LogP contribution in [0.25, 0.3) is 0 Å². The Morgan fingerprint density at radius 2 is 1.82 bits per heavy atom. The molecular formula is C11H8F3NO2. The molecule has 1 heterocycles. The van der Waals surface area contributed by atoms with Crippen LogP contribution in [0.4, 0.5) is 13.2 Å². The predicted octanol–water partition coefficient (Wildman–Crippen LogP) is 2.08. The molecule has 17 heavy (non-hydrogen) atoms. The largest absolute Gasteiger partial charge is 0.431 e.